The maximum absolute atomic E-state index is 12.3. The lowest BCUT2D eigenvalue weighted by Gasteiger charge is -2.07. The summed E-state index contributed by atoms with van der Waals surface area (Å²) in [5.74, 6) is 2.47. The summed E-state index contributed by atoms with van der Waals surface area (Å²) in [6.45, 7) is 3.81. The molecule has 4 rings (SSSR count). The van der Waals surface area contributed by atoms with Gasteiger partial charge in [0, 0.05) is 17.8 Å². The highest BCUT2D eigenvalue weighted by atomic mass is 32.2. The molecule has 0 saturated heterocycles. The van der Waals surface area contributed by atoms with Crippen LogP contribution < -0.4 is 10.1 Å². The molecule has 7 nitrogen and oxygen atoms in total. The fraction of sp³-hybridized carbons (Fsp3) is 0.211. The van der Waals surface area contributed by atoms with Gasteiger partial charge in [0.05, 0.1) is 23.9 Å². The SMILES string of the molecule is COc1ccc(NC(=O)CSc2nnc(C)n3c2cc2oc(C)cc23)cc1. The van der Waals surface area contributed by atoms with Crippen molar-refractivity contribution < 1.29 is 13.9 Å². The highest BCUT2D eigenvalue weighted by Gasteiger charge is 2.15. The van der Waals surface area contributed by atoms with Crippen LogP contribution in [0.3, 0.4) is 0 Å². The molecule has 1 amide bonds. The highest BCUT2D eigenvalue weighted by molar-refractivity contribution is 8.00. The van der Waals surface area contributed by atoms with Crippen LogP contribution in [0.1, 0.15) is 11.6 Å². The number of benzene rings is 1. The number of anilines is 1. The number of furan rings is 1. The van der Waals surface area contributed by atoms with Crippen LogP contribution in [0.2, 0.25) is 0 Å². The fourth-order valence-electron chi connectivity index (χ4n) is 2.94. The molecule has 4 aromatic rings. The summed E-state index contributed by atoms with van der Waals surface area (Å²) in [4.78, 5) is 12.3. The average molecular weight is 382 g/mol. The second kappa shape index (κ2) is 6.96. The number of carbonyl (C=O) groups is 1. The van der Waals surface area contributed by atoms with Crippen molar-refractivity contribution in [1.82, 2.24) is 14.6 Å². The van der Waals surface area contributed by atoms with E-state index in [2.05, 4.69) is 15.5 Å². The lowest BCUT2D eigenvalue weighted by Crippen LogP contribution is -2.14. The molecule has 0 fully saturated rings. The minimum Gasteiger partial charge on any atom is -0.497 e. The Morgan fingerprint density at radius 2 is 1.96 bits per heavy atom. The van der Waals surface area contributed by atoms with Gasteiger partial charge in [0.15, 0.2) is 5.58 Å². The van der Waals surface area contributed by atoms with E-state index < -0.39 is 0 Å². The number of ether oxygens (including phenoxy) is 1. The monoisotopic (exact) mass is 382 g/mol. The van der Waals surface area contributed by atoms with Crippen molar-refractivity contribution in [3.8, 4) is 5.75 Å². The van der Waals surface area contributed by atoms with Gasteiger partial charge in [-0.2, -0.15) is 0 Å². The Balaban J connectivity index is 1.52. The second-order valence-electron chi connectivity index (χ2n) is 6.09. The van der Waals surface area contributed by atoms with Gasteiger partial charge >= 0.3 is 0 Å². The Morgan fingerprint density at radius 3 is 2.70 bits per heavy atom. The van der Waals surface area contributed by atoms with Gasteiger partial charge < -0.3 is 14.5 Å². The predicted molar refractivity (Wildman–Crippen MR) is 105 cm³/mol. The fourth-order valence-corrected chi connectivity index (χ4v) is 3.68. The van der Waals surface area contributed by atoms with Gasteiger partial charge in [-0.25, -0.2) is 0 Å². The van der Waals surface area contributed by atoms with Crippen LogP contribution in [0.15, 0.2) is 45.8 Å². The van der Waals surface area contributed by atoms with Crippen molar-refractivity contribution in [3.63, 3.8) is 0 Å². The van der Waals surface area contributed by atoms with Crippen molar-refractivity contribution in [1.29, 1.82) is 0 Å². The maximum atomic E-state index is 12.3. The molecular weight excluding hydrogens is 364 g/mol. The maximum Gasteiger partial charge on any atom is 0.234 e. The second-order valence-corrected chi connectivity index (χ2v) is 7.05. The van der Waals surface area contributed by atoms with Gasteiger partial charge in [0.2, 0.25) is 5.91 Å². The molecule has 0 bridgehead atoms. The summed E-state index contributed by atoms with van der Waals surface area (Å²) in [7, 11) is 1.60. The van der Waals surface area contributed by atoms with Crippen molar-refractivity contribution in [2.24, 2.45) is 0 Å². The molecule has 138 valence electrons. The Kier molecular flexibility index (Phi) is 4.49. The lowest BCUT2D eigenvalue weighted by atomic mass is 10.3. The van der Waals surface area contributed by atoms with Crippen LogP contribution in [0.25, 0.3) is 16.6 Å². The predicted octanol–water partition coefficient (Wildman–Crippen LogP) is 3.83. The molecule has 1 aromatic carbocycles. The Morgan fingerprint density at radius 1 is 1.19 bits per heavy atom. The van der Waals surface area contributed by atoms with Crippen LogP contribution >= 0.6 is 11.8 Å². The van der Waals surface area contributed by atoms with Crippen LogP contribution in [0, 0.1) is 13.8 Å². The van der Waals surface area contributed by atoms with Gasteiger partial charge in [-0.3, -0.25) is 9.20 Å². The van der Waals surface area contributed by atoms with E-state index in [1.165, 1.54) is 11.8 Å². The van der Waals surface area contributed by atoms with Crippen LogP contribution in [-0.4, -0.2) is 33.4 Å². The zero-order valence-electron chi connectivity index (χ0n) is 15.1. The van der Waals surface area contributed by atoms with Crippen molar-refractivity contribution in [3.05, 3.63) is 48.0 Å². The summed E-state index contributed by atoms with van der Waals surface area (Å²) in [5.41, 5.74) is 3.35. The standard InChI is InChI=1S/C19H18N4O3S/c1-11-8-15-17(26-11)9-16-19(22-21-12(2)23(15)16)27-10-18(24)20-13-4-6-14(25-3)7-5-13/h4-9H,10H2,1-3H3,(H,20,24). The van der Waals surface area contributed by atoms with Crippen molar-refractivity contribution >= 4 is 40.0 Å². The molecule has 0 atom stereocenters. The first-order chi connectivity index (χ1) is 13.0. The minimum atomic E-state index is -0.114. The number of thioether (sulfide) groups is 1. The Hall–Kier alpha value is -3.00. The van der Waals surface area contributed by atoms with E-state index in [0.29, 0.717) is 5.03 Å². The molecule has 0 spiro atoms. The molecule has 0 radical (unpaired) electrons. The number of hydrogen-bond donors (Lipinski definition) is 1. The zero-order chi connectivity index (χ0) is 19.0. The van der Waals surface area contributed by atoms with E-state index in [-0.39, 0.29) is 11.7 Å². The molecule has 3 aromatic heterocycles. The Bertz CT molecular complexity index is 1130. The number of amides is 1. The third kappa shape index (κ3) is 3.35. The number of nitrogens with one attached hydrogen (secondary N) is 1. The molecule has 0 unspecified atom stereocenters. The van der Waals surface area contributed by atoms with E-state index in [9.17, 15) is 4.79 Å². The topological polar surface area (TPSA) is 81.7 Å². The summed E-state index contributed by atoms with van der Waals surface area (Å²) < 4.78 is 12.8. The van der Waals surface area contributed by atoms with Crippen LogP contribution in [0.5, 0.6) is 5.75 Å². The molecule has 8 heteroatoms. The zero-order valence-corrected chi connectivity index (χ0v) is 16.0. The molecule has 0 aliphatic rings. The average Bonchev–Trinajstić information content (AvgIpc) is 3.18. The third-order valence-electron chi connectivity index (χ3n) is 4.16. The van der Waals surface area contributed by atoms with E-state index >= 15 is 0 Å². The van der Waals surface area contributed by atoms with Gasteiger partial charge in [-0.1, -0.05) is 11.8 Å². The number of aryl methyl sites for hydroxylation is 2. The Labute approximate surface area is 159 Å². The largest absolute Gasteiger partial charge is 0.497 e. The number of methoxy groups -OCH3 is 1. The highest BCUT2D eigenvalue weighted by Crippen LogP contribution is 2.29. The molecule has 27 heavy (non-hydrogen) atoms. The molecule has 1 N–H and O–H groups in total. The van der Waals surface area contributed by atoms with Gasteiger partial charge in [0.25, 0.3) is 0 Å². The minimum absolute atomic E-state index is 0.114. The summed E-state index contributed by atoms with van der Waals surface area (Å²) in [6, 6.07) is 11.1. The van der Waals surface area contributed by atoms with E-state index in [1.807, 2.05) is 30.4 Å². The smallest absolute Gasteiger partial charge is 0.234 e. The number of aromatic nitrogens is 3. The number of fused-ring (bicyclic) bond motifs is 3. The molecule has 3 heterocycles. The van der Waals surface area contributed by atoms with Crippen LogP contribution in [-0.2, 0) is 4.79 Å². The number of hydrogen-bond acceptors (Lipinski definition) is 6. The van der Waals surface area contributed by atoms with Gasteiger partial charge in [-0.05, 0) is 38.1 Å². The lowest BCUT2D eigenvalue weighted by molar-refractivity contribution is -0.113. The quantitative estimate of drug-likeness (QED) is 0.528. The summed E-state index contributed by atoms with van der Waals surface area (Å²) >= 11 is 1.34. The van der Waals surface area contributed by atoms with Gasteiger partial charge in [-0.15, -0.1) is 10.2 Å². The molecule has 0 saturated carbocycles. The summed E-state index contributed by atoms with van der Waals surface area (Å²) in [5, 5.41) is 12.0. The first-order valence-corrected chi connectivity index (χ1v) is 9.35. The summed E-state index contributed by atoms with van der Waals surface area (Å²) in [6.07, 6.45) is 0. The number of nitrogens with zero attached hydrogens (tertiary/aromatic N) is 3. The van der Waals surface area contributed by atoms with E-state index in [0.717, 1.165) is 39.6 Å². The molecule has 0 aliphatic heterocycles. The normalized spacial score (nSPS) is 11.2. The number of rotatable bonds is 5. The van der Waals surface area contributed by atoms with E-state index in [1.54, 1.807) is 31.4 Å². The molecule has 0 aliphatic carbocycles. The van der Waals surface area contributed by atoms with E-state index in [4.69, 9.17) is 9.15 Å². The third-order valence-corrected chi connectivity index (χ3v) is 5.13. The first-order valence-electron chi connectivity index (χ1n) is 8.37. The van der Waals surface area contributed by atoms with Crippen molar-refractivity contribution in [2.75, 3.05) is 18.2 Å². The first kappa shape index (κ1) is 17.4. The van der Waals surface area contributed by atoms with Crippen molar-refractivity contribution in [2.45, 2.75) is 18.9 Å². The van der Waals surface area contributed by atoms with Gasteiger partial charge in [0.1, 0.15) is 22.4 Å². The number of carbonyl (C=O) groups excluding carboxylic acids is 1. The van der Waals surface area contributed by atoms with Crippen LogP contribution in [0.4, 0.5) is 5.69 Å². The molecular formula is C19H18N4O3S.